The average Bonchev–Trinajstić information content (AvgIpc) is 2.53. The summed E-state index contributed by atoms with van der Waals surface area (Å²) in [5.74, 6) is -0.201. The zero-order valence-electron chi connectivity index (χ0n) is 12.7. The quantitative estimate of drug-likeness (QED) is 0.698. The highest BCUT2D eigenvalue weighted by atomic mass is 35.5. The zero-order valence-corrected chi connectivity index (χ0v) is 15.0. The molecular weight excluding hydrogens is 355 g/mol. The number of amides is 1. The zero-order chi connectivity index (χ0) is 17.0. The Balaban J connectivity index is 2.02. The molecule has 0 aliphatic carbocycles. The summed E-state index contributed by atoms with van der Waals surface area (Å²) in [5, 5.41) is 7.03. The number of hydrogen-bond donors (Lipinski definition) is 2. The van der Waals surface area contributed by atoms with Crippen LogP contribution < -0.4 is 10.6 Å². The van der Waals surface area contributed by atoms with E-state index in [9.17, 15) is 4.79 Å². The Hall–Kier alpha value is -1.26. The summed E-state index contributed by atoms with van der Waals surface area (Å²) < 4.78 is 0. The van der Waals surface area contributed by atoms with Crippen molar-refractivity contribution in [1.29, 1.82) is 0 Å². The molecule has 0 saturated heterocycles. The molecule has 2 rings (SSSR count). The van der Waals surface area contributed by atoms with Crippen LogP contribution in [0.25, 0.3) is 0 Å². The second-order valence-corrected chi connectivity index (χ2v) is 6.48. The molecule has 0 saturated carbocycles. The van der Waals surface area contributed by atoms with Gasteiger partial charge in [-0.3, -0.25) is 10.1 Å². The molecule has 2 N–H and O–H groups in total. The van der Waals surface area contributed by atoms with Crippen molar-refractivity contribution in [2.24, 2.45) is 0 Å². The Labute approximate surface area is 150 Å². The molecule has 1 amide bonds. The van der Waals surface area contributed by atoms with Crippen molar-refractivity contribution >= 4 is 46.4 Å². The lowest BCUT2D eigenvalue weighted by molar-refractivity contribution is -0.117. The van der Waals surface area contributed by atoms with Gasteiger partial charge in [0.05, 0.1) is 26.8 Å². The molecule has 2 atom stereocenters. The summed E-state index contributed by atoms with van der Waals surface area (Å²) in [4.78, 5) is 12.3. The summed E-state index contributed by atoms with van der Waals surface area (Å²) >= 11 is 17.9. The van der Waals surface area contributed by atoms with Crippen molar-refractivity contribution < 1.29 is 4.79 Å². The van der Waals surface area contributed by atoms with Gasteiger partial charge in [0.1, 0.15) is 0 Å². The van der Waals surface area contributed by atoms with Gasteiger partial charge in [-0.25, -0.2) is 0 Å². The van der Waals surface area contributed by atoms with E-state index in [1.54, 1.807) is 6.92 Å². The Bertz CT molecular complexity index is 692. The van der Waals surface area contributed by atoms with E-state index in [0.29, 0.717) is 20.8 Å². The highest BCUT2D eigenvalue weighted by Gasteiger charge is 2.18. The minimum Gasteiger partial charge on any atom is -0.323 e. The molecule has 2 aromatic rings. The number of carbonyl (C=O) groups is 1. The minimum absolute atomic E-state index is 0.0428. The van der Waals surface area contributed by atoms with Crippen LogP contribution in [0.15, 0.2) is 42.5 Å². The van der Waals surface area contributed by atoms with E-state index in [1.807, 2.05) is 37.3 Å². The van der Waals surface area contributed by atoms with Gasteiger partial charge in [0, 0.05) is 6.04 Å². The molecule has 0 heterocycles. The summed E-state index contributed by atoms with van der Waals surface area (Å²) in [6, 6.07) is 12.6. The highest BCUT2D eigenvalue weighted by Crippen LogP contribution is 2.32. The van der Waals surface area contributed by atoms with Crippen LogP contribution in [0.3, 0.4) is 0 Å². The first-order valence-corrected chi connectivity index (χ1v) is 8.28. The lowest BCUT2D eigenvalue weighted by Crippen LogP contribution is -2.39. The molecule has 0 spiro atoms. The molecule has 23 heavy (non-hydrogen) atoms. The van der Waals surface area contributed by atoms with Gasteiger partial charge in [0.2, 0.25) is 5.91 Å². The van der Waals surface area contributed by atoms with Crippen molar-refractivity contribution in [3.05, 3.63) is 63.1 Å². The van der Waals surface area contributed by atoms with Crippen molar-refractivity contribution in [1.82, 2.24) is 5.32 Å². The second-order valence-electron chi connectivity index (χ2n) is 5.26. The second kappa shape index (κ2) is 8.02. The number of benzene rings is 2. The van der Waals surface area contributed by atoms with Gasteiger partial charge in [-0.05, 0) is 31.5 Å². The molecule has 0 unspecified atom stereocenters. The maximum absolute atomic E-state index is 12.3. The van der Waals surface area contributed by atoms with Gasteiger partial charge >= 0.3 is 0 Å². The summed E-state index contributed by atoms with van der Waals surface area (Å²) in [6.45, 7) is 3.80. The maximum atomic E-state index is 12.3. The van der Waals surface area contributed by atoms with Gasteiger partial charge in [-0.1, -0.05) is 65.1 Å². The number of anilines is 1. The fraction of sp³-hybridized carbons (Fsp3) is 0.235. The van der Waals surface area contributed by atoms with Crippen LogP contribution in [-0.4, -0.2) is 11.9 Å². The fourth-order valence-corrected chi connectivity index (χ4v) is 2.74. The molecule has 0 radical (unpaired) electrons. The maximum Gasteiger partial charge on any atom is 0.241 e. The average molecular weight is 372 g/mol. The lowest BCUT2D eigenvalue weighted by Gasteiger charge is -2.20. The van der Waals surface area contributed by atoms with Crippen LogP contribution in [0, 0.1) is 0 Å². The fourth-order valence-electron chi connectivity index (χ4n) is 2.15. The summed E-state index contributed by atoms with van der Waals surface area (Å²) in [5.41, 5.74) is 1.55. The lowest BCUT2D eigenvalue weighted by atomic mass is 10.1. The van der Waals surface area contributed by atoms with E-state index < -0.39 is 6.04 Å². The van der Waals surface area contributed by atoms with E-state index in [2.05, 4.69) is 10.6 Å². The number of hydrogen-bond acceptors (Lipinski definition) is 2. The highest BCUT2D eigenvalue weighted by molar-refractivity contribution is 6.44. The Morgan fingerprint density at radius 1 is 0.957 bits per heavy atom. The van der Waals surface area contributed by atoms with Crippen LogP contribution >= 0.6 is 34.8 Å². The third kappa shape index (κ3) is 4.85. The molecule has 0 aromatic heterocycles. The van der Waals surface area contributed by atoms with Crippen molar-refractivity contribution in [2.45, 2.75) is 25.9 Å². The molecule has 0 aliphatic heterocycles. The molecule has 0 aliphatic rings. The Morgan fingerprint density at radius 2 is 1.57 bits per heavy atom. The molecular formula is C17H17Cl3N2O. The van der Waals surface area contributed by atoms with E-state index in [4.69, 9.17) is 34.8 Å². The van der Waals surface area contributed by atoms with Crippen LogP contribution in [-0.2, 0) is 4.79 Å². The molecule has 2 aromatic carbocycles. The number of carbonyl (C=O) groups excluding carboxylic acids is 1. The number of halogens is 3. The third-order valence-electron chi connectivity index (χ3n) is 3.46. The molecule has 122 valence electrons. The third-order valence-corrected chi connectivity index (χ3v) is 4.50. The van der Waals surface area contributed by atoms with Crippen LogP contribution in [0.4, 0.5) is 5.69 Å². The topological polar surface area (TPSA) is 41.1 Å². The molecule has 6 heteroatoms. The van der Waals surface area contributed by atoms with Gasteiger partial charge in [0.15, 0.2) is 0 Å². The van der Waals surface area contributed by atoms with Crippen molar-refractivity contribution in [3.8, 4) is 0 Å². The Kier molecular flexibility index (Phi) is 6.31. The normalized spacial score (nSPS) is 13.4. The van der Waals surface area contributed by atoms with E-state index in [0.717, 1.165) is 5.56 Å². The van der Waals surface area contributed by atoms with Crippen molar-refractivity contribution in [2.75, 3.05) is 5.32 Å². The van der Waals surface area contributed by atoms with Gasteiger partial charge < -0.3 is 5.32 Å². The first-order valence-electron chi connectivity index (χ1n) is 7.15. The molecule has 0 fully saturated rings. The predicted octanol–water partition coefficient (Wildman–Crippen LogP) is 5.32. The molecule has 3 nitrogen and oxygen atoms in total. The standard InChI is InChI=1S/C17H17Cl3N2O/c1-10(12-6-4-3-5-7-12)21-11(2)17(23)22-16-9-14(19)13(18)8-15(16)20/h3-11,21H,1-2H3,(H,22,23)/t10-,11+/m0/s1. The van der Waals surface area contributed by atoms with Gasteiger partial charge in [0.25, 0.3) is 0 Å². The smallest absolute Gasteiger partial charge is 0.241 e. The summed E-state index contributed by atoms with van der Waals surface area (Å²) in [6.07, 6.45) is 0. The van der Waals surface area contributed by atoms with E-state index >= 15 is 0 Å². The van der Waals surface area contributed by atoms with Gasteiger partial charge in [-0.2, -0.15) is 0 Å². The van der Waals surface area contributed by atoms with Crippen LogP contribution in [0.2, 0.25) is 15.1 Å². The van der Waals surface area contributed by atoms with Crippen LogP contribution in [0.1, 0.15) is 25.5 Å². The first kappa shape index (κ1) is 18.1. The number of rotatable bonds is 5. The SMILES string of the molecule is C[C@H](N[C@H](C)C(=O)Nc1cc(Cl)c(Cl)cc1Cl)c1ccccc1. The van der Waals surface area contributed by atoms with Gasteiger partial charge in [-0.15, -0.1) is 0 Å². The summed E-state index contributed by atoms with van der Waals surface area (Å²) in [7, 11) is 0. The molecule has 0 bridgehead atoms. The number of nitrogens with one attached hydrogen (secondary N) is 2. The minimum atomic E-state index is -0.407. The Morgan fingerprint density at radius 3 is 2.22 bits per heavy atom. The first-order chi connectivity index (χ1) is 10.9. The van der Waals surface area contributed by atoms with E-state index in [1.165, 1.54) is 12.1 Å². The van der Waals surface area contributed by atoms with Crippen LogP contribution in [0.5, 0.6) is 0 Å². The largest absolute Gasteiger partial charge is 0.323 e. The monoisotopic (exact) mass is 370 g/mol. The predicted molar refractivity (Wildman–Crippen MR) is 97.6 cm³/mol. The van der Waals surface area contributed by atoms with E-state index in [-0.39, 0.29) is 11.9 Å². The van der Waals surface area contributed by atoms with Crippen molar-refractivity contribution in [3.63, 3.8) is 0 Å².